The molecule has 1 aromatic heterocycles. The molecule has 6 unspecified atom stereocenters. The molecule has 29 nitrogen and oxygen atoms in total. The number of hydrogen-bond acceptors (Lipinski definition) is 23. The van der Waals surface area contributed by atoms with Crippen LogP contribution in [-0.2, 0) is 107 Å². The minimum Gasteiger partial charge on any atom is -0.466 e. The molecule has 7 rings (SSSR count). The number of allylic oxidation sites excluding steroid dienone is 8. The number of nitrogen functional groups attached to an aromatic ring is 1. The molecule has 1 saturated carbocycles. The van der Waals surface area contributed by atoms with Crippen LogP contribution in [0, 0.1) is 23.7 Å². The molecule has 37 heteroatoms. The van der Waals surface area contributed by atoms with Gasteiger partial charge in [0.2, 0.25) is 17.5 Å². The van der Waals surface area contributed by atoms with E-state index in [9.17, 15) is 51.4 Å². The number of hydrogen-bond donors (Lipinski definition) is 9. The number of unbranched alkanes of at least 4 members (excludes halogenated alkanes) is 3. The van der Waals surface area contributed by atoms with Crippen molar-refractivity contribution in [1.82, 2.24) is 20.6 Å². The molecule has 0 radical (unpaired) electrons. The average Bonchev–Trinajstić information content (AvgIpc) is 1.61. The third-order valence-electron chi connectivity index (χ3n) is 18.0. The lowest BCUT2D eigenvalue weighted by molar-refractivity contribution is -0.438. The number of carbonyl (C=O) groups is 3. The number of nitrogens with zero attached hydrogens (tertiary/aromatic N) is 3. The number of amides is 2. The zero-order valence-corrected chi connectivity index (χ0v) is 68.2. The molecule has 1 fully saturated rings. The zero-order chi connectivity index (χ0) is 78.2. The van der Waals surface area contributed by atoms with E-state index >= 15 is 0 Å². The predicted octanol–water partition coefficient (Wildman–Crippen LogP) is 10.8. The van der Waals surface area contributed by atoms with Crippen molar-refractivity contribution in [3.8, 4) is 11.8 Å². The average molecular weight is 1650 g/mol. The first-order chi connectivity index (χ1) is 50.6. The number of anilines is 2. The SMILES string of the molecule is CCN1\C(=C/C=C/C=C/C2=[N+](CCCCCC(=O)NCCOCCOCCNC(=O)OCCC(C)(C)SSCOCCCCOC(=O)CCC#CC3=CC([C@H]4CC(OCS(C)=S)[C@@H](COP(=O)(O)OP(=O)(O)OP(=O)(O)O)C4)c4nc(N)[nH]c(=O)c43)c3ccc(S(=O)O)cc3C2(C)C)C(C)(C)c2ccccc21. The Bertz CT molecular complexity index is 4080. The number of benzene rings is 2. The van der Waals surface area contributed by atoms with Crippen molar-refractivity contribution in [3.63, 3.8) is 0 Å². The van der Waals surface area contributed by atoms with E-state index in [-0.39, 0.29) is 85.1 Å². The number of rotatable bonds is 45. The van der Waals surface area contributed by atoms with Gasteiger partial charge in [-0.25, -0.2) is 27.7 Å². The Morgan fingerprint density at radius 3 is 2.32 bits per heavy atom. The fourth-order valence-corrected chi connectivity index (χ4v) is 19.2. The summed E-state index contributed by atoms with van der Waals surface area (Å²) in [6.07, 6.45) is 18.2. The number of phosphoric acid groups is 3. The van der Waals surface area contributed by atoms with E-state index in [2.05, 4.69) is 140 Å². The van der Waals surface area contributed by atoms with Crippen LogP contribution in [0.25, 0.3) is 5.57 Å². The van der Waals surface area contributed by atoms with Crippen molar-refractivity contribution in [2.45, 2.75) is 152 Å². The molecule has 107 heavy (non-hydrogen) atoms. The number of alkyl carbamates (subject to hydrolysis) is 1. The van der Waals surface area contributed by atoms with Gasteiger partial charge in [-0.15, -0.1) is 0 Å². The Kier molecular flexibility index (Phi) is 35.0. The van der Waals surface area contributed by atoms with Crippen LogP contribution in [0.5, 0.6) is 0 Å². The van der Waals surface area contributed by atoms with Gasteiger partial charge < -0.3 is 73.8 Å². The van der Waals surface area contributed by atoms with Gasteiger partial charge in [0, 0.05) is 102 Å². The van der Waals surface area contributed by atoms with Gasteiger partial charge in [-0.2, -0.15) is 13.2 Å². The maximum Gasteiger partial charge on any atom is 0.490 e. The molecule has 8 atom stereocenters. The number of aromatic nitrogens is 2. The van der Waals surface area contributed by atoms with Crippen LogP contribution < -0.4 is 26.8 Å². The van der Waals surface area contributed by atoms with E-state index in [1.165, 1.54) is 27.7 Å². The van der Waals surface area contributed by atoms with Crippen molar-refractivity contribution >= 4 is 123 Å². The van der Waals surface area contributed by atoms with E-state index in [1.54, 1.807) is 29.2 Å². The quantitative estimate of drug-likeness (QED) is 0.00292. The van der Waals surface area contributed by atoms with Gasteiger partial charge in [0.1, 0.15) is 12.5 Å². The summed E-state index contributed by atoms with van der Waals surface area (Å²) >= 11 is 3.18. The van der Waals surface area contributed by atoms with Crippen LogP contribution in [-0.4, -0.2) is 175 Å². The van der Waals surface area contributed by atoms with Crippen LogP contribution >= 0.6 is 45.1 Å². The number of carbonyl (C=O) groups excluding carboxylic acids is 3. The predicted molar refractivity (Wildman–Crippen MR) is 418 cm³/mol. The number of likely N-dealkylation sites (N-methyl/N-ethyl adjacent to an activating group) is 1. The fraction of sp³-hybridized carbons (Fsp3) is 0.571. The van der Waals surface area contributed by atoms with Gasteiger partial charge in [0.15, 0.2) is 16.8 Å². The second kappa shape index (κ2) is 42.0. The second-order valence-corrected chi connectivity index (χ2v) is 38.7. The lowest BCUT2D eigenvalue weighted by Gasteiger charge is -2.25. The largest absolute Gasteiger partial charge is 0.490 e. The van der Waals surface area contributed by atoms with Gasteiger partial charge >= 0.3 is 35.5 Å². The van der Waals surface area contributed by atoms with Gasteiger partial charge in [0.05, 0.1) is 86.3 Å². The molecule has 3 aromatic rings. The monoisotopic (exact) mass is 1640 g/mol. The van der Waals surface area contributed by atoms with Crippen molar-refractivity contribution in [3.05, 3.63) is 117 Å². The molecule has 0 spiro atoms. The smallest absolute Gasteiger partial charge is 0.466 e. The third kappa shape index (κ3) is 28.0. The molecule has 0 bridgehead atoms. The first kappa shape index (κ1) is 89.2. The minimum atomic E-state index is -5.75. The number of phosphoric ester groups is 1. The highest BCUT2D eigenvalue weighted by Crippen LogP contribution is 2.66. The summed E-state index contributed by atoms with van der Waals surface area (Å²) < 4.78 is 106. The normalized spacial score (nSPS) is 20.1. The molecule has 2 aliphatic heterocycles. The number of fused-ring (bicyclic) bond motifs is 3. The molecule has 4 aliphatic rings. The number of esters is 1. The highest BCUT2D eigenvalue weighted by atomic mass is 33.1. The number of para-hydroxylation sites is 1. The molecule has 0 saturated heterocycles. The highest BCUT2D eigenvalue weighted by molar-refractivity contribution is 8.77. The van der Waals surface area contributed by atoms with Crippen molar-refractivity contribution in [2.75, 3.05) is 108 Å². The van der Waals surface area contributed by atoms with E-state index in [4.69, 9.17) is 59.7 Å². The Hall–Kier alpha value is -5.05. The summed E-state index contributed by atoms with van der Waals surface area (Å²) in [6.45, 7) is 18.8. The number of aromatic amines is 1. The van der Waals surface area contributed by atoms with Gasteiger partial charge in [-0.1, -0.05) is 99.2 Å². The van der Waals surface area contributed by atoms with Crippen LogP contribution in [0.1, 0.15) is 147 Å². The molecular weight excluding hydrogens is 1540 g/mol. The Labute approximate surface area is 642 Å². The summed E-state index contributed by atoms with van der Waals surface area (Å²) in [6, 6.07) is 14.1. The lowest BCUT2D eigenvalue weighted by atomic mass is 9.81. The number of H-pyrrole nitrogens is 1. The van der Waals surface area contributed by atoms with E-state index in [0.717, 1.165) is 49.3 Å². The Morgan fingerprint density at radius 2 is 1.60 bits per heavy atom. The van der Waals surface area contributed by atoms with Crippen LogP contribution in [0.2, 0.25) is 0 Å². The summed E-state index contributed by atoms with van der Waals surface area (Å²) in [5.74, 6) is 4.32. The third-order valence-corrected chi connectivity index (χ3v) is 26.3. The highest BCUT2D eigenvalue weighted by Gasteiger charge is 2.47. The van der Waals surface area contributed by atoms with Gasteiger partial charge in [0.25, 0.3) is 5.56 Å². The van der Waals surface area contributed by atoms with Crippen molar-refractivity contribution in [1.29, 1.82) is 0 Å². The number of ether oxygens (including phenoxy) is 6. The summed E-state index contributed by atoms with van der Waals surface area (Å²) in [4.78, 5) is 98.0. The minimum absolute atomic E-state index is 0.0133. The Balaban J connectivity index is 0.685. The number of nitrogens with two attached hydrogens (primary N) is 1. The van der Waals surface area contributed by atoms with Gasteiger partial charge in [-0.05, 0) is 133 Å². The summed E-state index contributed by atoms with van der Waals surface area (Å²) in [7, 11) is -14.2. The van der Waals surface area contributed by atoms with Crippen molar-refractivity contribution < 1.29 is 103 Å². The van der Waals surface area contributed by atoms with E-state index < -0.39 is 91.6 Å². The summed E-state index contributed by atoms with van der Waals surface area (Å²) in [5.41, 5.74) is 12.6. The van der Waals surface area contributed by atoms with Gasteiger partial charge in [-0.3, -0.25) is 23.9 Å². The van der Waals surface area contributed by atoms with E-state index in [0.29, 0.717) is 87.2 Å². The topological polar surface area (TPSA) is 406 Å². The molecule has 3 heterocycles. The maximum atomic E-state index is 13.2. The molecule has 2 aromatic carbocycles. The first-order valence-corrected chi connectivity index (χ1v) is 45.8. The summed E-state index contributed by atoms with van der Waals surface area (Å²) in [5, 5.41) is 5.61. The van der Waals surface area contributed by atoms with Crippen LogP contribution in [0.15, 0.2) is 94.3 Å². The zero-order valence-electron chi connectivity index (χ0n) is 61.5. The lowest BCUT2D eigenvalue weighted by Crippen LogP contribution is -2.30. The first-order valence-electron chi connectivity index (χ1n) is 35.1. The van der Waals surface area contributed by atoms with Crippen LogP contribution in [0.4, 0.5) is 22.1 Å². The Morgan fingerprint density at radius 1 is 0.869 bits per heavy atom. The fourth-order valence-electron chi connectivity index (χ4n) is 12.9. The van der Waals surface area contributed by atoms with E-state index in [1.807, 2.05) is 26.0 Å². The molecule has 2 amide bonds. The van der Waals surface area contributed by atoms with Crippen molar-refractivity contribution in [2.24, 2.45) is 11.8 Å². The van der Waals surface area contributed by atoms with Crippen LogP contribution in [0.3, 0.4) is 0 Å². The number of nitrogens with one attached hydrogen (secondary N) is 3. The molecule has 592 valence electrons. The maximum absolute atomic E-state index is 13.2. The molecular formula is C70H101N7O22P3S5+. The standard InChI is InChI=1S/C70H100N7O22P3S5/c1-9-76-56-24-17-16-23-54(56)69(4,5)59(76)25-12-10-13-26-60-70(6,7)55-45-52(107(89)90)29-30-57(55)77(60)34-19-11-14-27-61(78)72-32-38-91-40-41-92-39-33-73-67(81)95-37-31-68(2,3)105-104-47-93-35-20-21-36-94-62(79)28-18-15-22-49-43-53(64-63(49)65(80)75-66(71)74-64)50-42-51(58(44-50)96-48-106(8)103)46-97-101(85,86)99-102(87,88)98-100(82,83)84/h10,12-13,16-17,23-26,29-30,43,45,50-51,53,58H,9,11,14,18-21,27-28,31-42,44,46-48H2,1-8H3,(H9-,71,72,73,74,75,78,80,81,82,83,84,85,86,87,88,89,90)/p+1/t50-,51-,53?,58?,106?/m1/s1. The molecule has 2 aliphatic carbocycles. The second-order valence-electron chi connectivity index (χ2n) is 27.3. The molecule has 10 N–H and O–H groups in total.